The van der Waals surface area contributed by atoms with Gasteiger partial charge in [-0.2, -0.15) is 0 Å². The molecule has 22 heavy (non-hydrogen) atoms. The standard InChI is InChI=1S/C16H30N6/c1-3-4-7-11-18-16(17-2)19-12-10-15-21-20-14-9-6-5-8-13-22(14)15/h3-13H2,1-2H3,(H2,17,18,19). The molecule has 0 fully saturated rings. The van der Waals surface area contributed by atoms with Crippen molar-refractivity contribution in [3.05, 3.63) is 11.6 Å². The minimum absolute atomic E-state index is 0.839. The van der Waals surface area contributed by atoms with Crippen LogP contribution in [0.25, 0.3) is 0 Å². The lowest BCUT2D eigenvalue weighted by Gasteiger charge is -2.12. The summed E-state index contributed by atoms with van der Waals surface area (Å²) in [6.45, 7) is 5.11. The highest BCUT2D eigenvalue weighted by Gasteiger charge is 2.14. The minimum atomic E-state index is 0.839. The highest BCUT2D eigenvalue weighted by Crippen LogP contribution is 2.14. The zero-order chi connectivity index (χ0) is 15.6. The smallest absolute Gasteiger partial charge is 0.190 e. The van der Waals surface area contributed by atoms with Crippen molar-refractivity contribution in [1.82, 2.24) is 25.4 Å². The molecule has 0 unspecified atom stereocenters. The summed E-state index contributed by atoms with van der Waals surface area (Å²) in [6.07, 6.45) is 9.44. The number of aromatic nitrogens is 3. The van der Waals surface area contributed by atoms with Gasteiger partial charge in [0.2, 0.25) is 0 Å². The fourth-order valence-corrected chi connectivity index (χ4v) is 2.83. The van der Waals surface area contributed by atoms with E-state index in [0.717, 1.165) is 50.1 Å². The average molecular weight is 306 g/mol. The van der Waals surface area contributed by atoms with Crippen molar-refractivity contribution >= 4 is 5.96 Å². The third kappa shape index (κ3) is 5.00. The summed E-state index contributed by atoms with van der Waals surface area (Å²) in [6, 6.07) is 0. The lowest BCUT2D eigenvalue weighted by molar-refractivity contribution is 0.599. The van der Waals surface area contributed by atoms with Crippen LogP contribution in [0.4, 0.5) is 0 Å². The van der Waals surface area contributed by atoms with E-state index in [2.05, 4.69) is 37.3 Å². The van der Waals surface area contributed by atoms with Gasteiger partial charge in [-0.25, -0.2) is 0 Å². The lowest BCUT2D eigenvalue weighted by atomic mass is 10.2. The van der Waals surface area contributed by atoms with Crippen LogP contribution in [0.3, 0.4) is 0 Å². The average Bonchev–Trinajstić information content (AvgIpc) is 2.77. The Morgan fingerprint density at radius 2 is 2.00 bits per heavy atom. The summed E-state index contributed by atoms with van der Waals surface area (Å²) >= 11 is 0. The molecule has 1 aliphatic heterocycles. The zero-order valence-electron chi connectivity index (χ0n) is 14.1. The molecule has 2 N–H and O–H groups in total. The molecule has 0 spiro atoms. The topological polar surface area (TPSA) is 67.1 Å². The number of unbranched alkanes of at least 4 members (excludes halogenated alkanes) is 2. The predicted molar refractivity (Wildman–Crippen MR) is 90.2 cm³/mol. The number of guanidine groups is 1. The van der Waals surface area contributed by atoms with Crippen LogP contribution in [0.2, 0.25) is 0 Å². The molecule has 0 aliphatic carbocycles. The first kappa shape index (κ1) is 16.8. The number of aliphatic imine (C=N–C) groups is 1. The van der Waals surface area contributed by atoms with Crippen molar-refractivity contribution < 1.29 is 0 Å². The molecule has 0 saturated heterocycles. The van der Waals surface area contributed by atoms with Gasteiger partial charge in [0.05, 0.1) is 0 Å². The third-order valence-electron chi connectivity index (χ3n) is 4.12. The van der Waals surface area contributed by atoms with E-state index >= 15 is 0 Å². The van der Waals surface area contributed by atoms with Gasteiger partial charge in [-0.15, -0.1) is 10.2 Å². The molecule has 0 radical (unpaired) electrons. The molecule has 0 amide bonds. The van der Waals surface area contributed by atoms with E-state index in [0.29, 0.717) is 0 Å². The van der Waals surface area contributed by atoms with Gasteiger partial charge in [0.15, 0.2) is 5.96 Å². The molecule has 1 aromatic heterocycles. The van der Waals surface area contributed by atoms with Crippen LogP contribution in [-0.4, -0.2) is 40.9 Å². The van der Waals surface area contributed by atoms with E-state index in [9.17, 15) is 0 Å². The first-order chi connectivity index (χ1) is 10.8. The molecule has 1 aliphatic rings. The molecule has 0 bridgehead atoms. The summed E-state index contributed by atoms with van der Waals surface area (Å²) in [5, 5.41) is 15.4. The van der Waals surface area contributed by atoms with E-state index in [-0.39, 0.29) is 0 Å². The normalized spacial score (nSPS) is 15.3. The molecule has 0 saturated carbocycles. The second-order valence-corrected chi connectivity index (χ2v) is 5.88. The number of hydrogen-bond acceptors (Lipinski definition) is 3. The molecule has 6 heteroatoms. The fourth-order valence-electron chi connectivity index (χ4n) is 2.83. The molecule has 124 valence electrons. The summed E-state index contributed by atoms with van der Waals surface area (Å²) in [4.78, 5) is 4.26. The fraction of sp³-hybridized carbons (Fsp3) is 0.812. The number of nitrogens with zero attached hydrogens (tertiary/aromatic N) is 4. The SMILES string of the molecule is CCCCCNC(=NC)NCCc1nnc2n1CCCCC2. The molecule has 1 aromatic rings. The molecular formula is C16H30N6. The van der Waals surface area contributed by atoms with Crippen LogP contribution in [0.1, 0.15) is 57.1 Å². The maximum atomic E-state index is 4.36. The van der Waals surface area contributed by atoms with Crippen molar-refractivity contribution in [3.63, 3.8) is 0 Å². The van der Waals surface area contributed by atoms with Crippen LogP contribution in [0, 0.1) is 0 Å². The quantitative estimate of drug-likeness (QED) is 0.459. The van der Waals surface area contributed by atoms with E-state index in [4.69, 9.17) is 0 Å². The van der Waals surface area contributed by atoms with E-state index in [1.54, 1.807) is 0 Å². The Hall–Kier alpha value is -1.59. The highest BCUT2D eigenvalue weighted by atomic mass is 15.3. The Labute approximate surface area is 133 Å². The number of nitrogens with one attached hydrogen (secondary N) is 2. The Bertz CT molecular complexity index is 465. The number of hydrogen-bond donors (Lipinski definition) is 2. The molecule has 2 heterocycles. The highest BCUT2D eigenvalue weighted by molar-refractivity contribution is 5.79. The minimum Gasteiger partial charge on any atom is -0.356 e. The van der Waals surface area contributed by atoms with Crippen molar-refractivity contribution in [2.75, 3.05) is 20.1 Å². The first-order valence-electron chi connectivity index (χ1n) is 8.70. The van der Waals surface area contributed by atoms with Crippen molar-refractivity contribution in [1.29, 1.82) is 0 Å². The Morgan fingerprint density at radius 3 is 2.82 bits per heavy atom. The molecule has 0 atom stereocenters. The summed E-state index contributed by atoms with van der Waals surface area (Å²) < 4.78 is 2.31. The maximum Gasteiger partial charge on any atom is 0.190 e. The van der Waals surface area contributed by atoms with Crippen LogP contribution in [0.5, 0.6) is 0 Å². The van der Waals surface area contributed by atoms with Gasteiger partial charge >= 0.3 is 0 Å². The summed E-state index contributed by atoms with van der Waals surface area (Å²) in [5.41, 5.74) is 0. The number of aryl methyl sites for hydroxylation is 1. The molecule has 6 nitrogen and oxygen atoms in total. The monoisotopic (exact) mass is 306 g/mol. The Kier molecular flexibility index (Phi) is 7.19. The summed E-state index contributed by atoms with van der Waals surface area (Å²) in [7, 11) is 1.82. The first-order valence-corrected chi connectivity index (χ1v) is 8.70. The predicted octanol–water partition coefficient (Wildman–Crippen LogP) is 1.90. The van der Waals surface area contributed by atoms with Gasteiger partial charge in [0.1, 0.15) is 11.6 Å². The van der Waals surface area contributed by atoms with Crippen molar-refractivity contribution in [3.8, 4) is 0 Å². The van der Waals surface area contributed by atoms with Gasteiger partial charge in [-0.05, 0) is 19.3 Å². The number of rotatable bonds is 7. The lowest BCUT2D eigenvalue weighted by Crippen LogP contribution is -2.39. The Balaban J connectivity index is 1.74. The van der Waals surface area contributed by atoms with Crippen LogP contribution >= 0.6 is 0 Å². The second kappa shape index (κ2) is 9.43. The third-order valence-corrected chi connectivity index (χ3v) is 4.12. The van der Waals surface area contributed by atoms with Crippen LogP contribution < -0.4 is 10.6 Å². The van der Waals surface area contributed by atoms with Gasteiger partial charge in [-0.3, -0.25) is 4.99 Å². The van der Waals surface area contributed by atoms with E-state index < -0.39 is 0 Å². The summed E-state index contributed by atoms with van der Waals surface area (Å²) in [5.74, 6) is 3.15. The van der Waals surface area contributed by atoms with E-state index in [1.807, 2.05) is 7.05 Å². The molecular weight excluding hydrogens is 276 g/mol. The van der Waals surface area contributed by atoms with E-state index in [1.165, 1.54) is 38.5 Å². The number of fused-ring (bicyclic) bond motifs is 1. The molecule has 0 aromatic carbocycles. The largest absolute Gasteiger partial charge is 0.356 e. The van der Waals surface area contributed by atoms with Crippen molar-refractivity contribution in [2.24, 2.45) is 4.99 Å². The van der Waals surface area contributed by atoms with Gasteiger partial charge in [0.25, 0.3) is 0 Å². The van der Waals surface area contributed by atoms with Crippen LogP contribution in [0.15, 0.2) is 4.99 Å². The Morgan fingerprint density at radius 1 is 1.14 bits per heavy atom. The van der Waals surface area contributed by atoms with Gasteiger partial charge in [-0.1, -0.05) is 26.2 Å². The second-order valence-electron chi connectivity index (χ2n) is 5.88. The zero-order valence-corrected chi connectivity index (χ0v) is 14.1. The molecule has 2 rings (SSSR count). The maximum absolute atomic E-state index is 4.36. The van der Waals surface area contributed by atoms with Crippen LogP contribution in [-0.2, 0) is 19.4 Å². The van der Waals surface area contributed by atoms with Crippen molar-refractivity contribution in [2.45, 2.75) is 64.8 Å². The van der Waals surface area contributed by atoms with Gasteiger partial charge in [0, 0.05) is 39.5 Å². The van der Waals surface area contributed by atoms with Gasteiger partial charge < -0.3 is 15.2 Å².